The number of thioether (sulfide) groups is 1. The number of nitrogens with one attached hydrogen (secondary N) is 1. The lowest BCUT2D eigenvalue weighted by molar-refractivity contribution is -0.166. The highest BCUT2D eigenvalue weighted by atomic mass is 32.2. The molecule has 1 fully saturated rings. The van der Waals surface area contributed by atoms with E-state index < -0.39 is 28.5 Å². The first kappa shape index (κ1) is 14.8. The molecule has 1 unspecified atom stereocenters. The molecule has 1 aromatic carbocycles. The number of alkyl halides is 3. The highest BCUT2D eigenvalue weighted by molar-refractivity contribution is 8.16. The van der Waals surface area contributed by atoms with Gasteiger partial charge in [0.2, 0.25) is 0 Å². The summed E-state index contributed by atoms with van der Waals surface area (Å²) in [6, 6.07) is 2.42. The zero-order chi connectivity index (χ0) is 15.1. The molecule has 9 heteroatoms. The van der Waals surface area contributed by atoms with E-state index in [0.717, 1.165) is 12.1 Å². The number of rotatable bonds is 1. The van der Waals surface area contributed by atoms with Crippen molar-refractivity contribution in [3.8, 4) is 0 Å². The Labute approximate surface area is 114 Å². The summed E-state index contributed by atoms with van der Waals surface area (Å²) in [4.78, 5) is 15.0. The van der Waals surface area contributed by atoms with Crippen LogP contribution in [0.1, 0.15) is 6.92 Å². The Bertz CT molecular complexity index is 601. The normalized spacial score (nSPS) is 25.1. The molecule has 1 aliphatic rings. The maximum absolute atomic E-state index is 13.3. The number of halogens is 5. The monoisotopic (exact) mass is 310 g/mol. The van der Waals surface area contributed by atoms with E-state index in [9.17, 15) is 26.7 Å². The zero-order valence-electron chi connectivity index (χ0n) is 9.89. The lowest BCUT2D eigenvalue weighted by atomic mass is 10.1. The minimum absolute atomic E-state index is 0.140. The first-order valence-electron chi connectivity index (χ1n) is 5.24. The smallest absolute Gasteiger partial charge is 0.304 e. The van der Waals surface area contributed by atoms with Gasteiger partial charge in [-0.05, 0) is 19.1 Å². The first-order valence-corrected chi connectivity index (χ1v) is 6.06. The molecule has 20 heavy (non-hydrogen) atoms. The molecule has 0 aliphatic carbocycles. The van der Waals surface area contributed by atoms with Crippen LogP contribution >= 0.6 is 11.8 Å². The molecule has 0 radical (unpaired) electrons. The molecule has 0 spiro atoms. The molecular formula is C11H7F5N2OS. The van der Waals surface area contributed by atoms with Crippen LogP contribution in [0.5, 0.6) is 0 Å². The van der Waals surface area contributed by atoms with Crippen molar-refractivity contribution in [1.29, 1.82) is 0 Å². The number of aliphatic imine (C=N–C) groups is 1. The van der Waals surface area contributed by atoms with Crippen molar-refractivity contribution in [3.05, 3.63) is 29.8 Å². The number of hydrogen-bond donors (Lipinski definition) is 1. The van der Waals surface area contributed by atoms with E-state index in [2.05, 4.69) is 4.99 Å². The van der Waals surface area contributed by atoms with Crippen molar-refractivity contribution in [2.45, 2.75) is 17.8 Å². The van der Waals surface area contributed by atoms with E-state index in [4.69, 9.17) is 0 Å². The van der Waals surface area contributed by atoms with Crippen molar-refractivity contribution in [3.63, 3.8) is 0 Å². The van der Waals surface area contributed by atoms with Crippen molar-refractivity contribution >= 4 is 28.5 Å². The van der Waals surface area contributed by atoms with Gasteiger partial charge in [-0.25, -0.2) is 13.8 Å². The van der Waals surface area contributed by atoms with Gasteiger partial charge in [-0.15, -0.1) is 0 Å². The summed E-state index contributed by atoms with van der Waals surface area (Å²) in [5, 5.41) is 1.55. The number of benzene rings is 1. The van der Waals surface area contributed by atoms with Crippen molar-refractivity contribution in [2.75, 3.05) is 0 Å². The van der Waals surface area contributed by atoms with Crippen LogP contribution < -0.4 is 5.32 Å². The third kappa shape index (κ3) is 2.49. The summed E-state index contributed by atoms with van der Waals surface area (Å²) < 4.78 is 61.7. The Morgan fingerprint density at radius 2 is 1.95 bits per heavy atom. The van der Waals surface area contributed by atoms with Gasteiger partial charge in [0.25, 0.3) is 5.91 Å². The number of carbonyl (C=O) groups excluding carboxylic acids is 1. The predicted octanol–water partition coefficient (Wildman–Crippen LogP) is 3.14. The molecule has 0 aromatic heterocycles. The molecular weight excluding hydrogens is 303 g/mol. The average Bonchev–Trinajstić information content (AvgIpc) is 2.59. The molecule has 1 aromatic rings. The predicted molar refractivity (Wildman–Crippen MR) is 63.6 cm³/mol. The second-order valence-corrected chi connectivity index (χ2v) is 5.51. The van der Waals surface area contributed by atoms with Crippen LogP contribution in [0, 0.1) is 11.6 Å². The Balaban J connectivity index is 2.33. The van der Waals surface area contributed by atoms with Crippen LogP contribution in [0.2, 0.25) is 0 Å². The highest BCUT2D eigenvalue weighted by Gasteiger charge is 2.61. The Hall–Kier alpha value is -1.64. The summed E-state index contributed by atoms with van der Waals surface area (Å²) in [6.45, 7) is 0.705. The Kier molecular flexibility index (Phi) is 3.49. The van der Waals surface area contributed by atoms with Crippen molar-refractivity contribution < 1.29 is 26.7 Å². The number of carbonyl (C=O) groups is 1. The van der Waals surface area contributed by atoms with Gasteiger partial charge in [-0.3, -0.25) is 4.79 Å². The fourth-order valence-corrected chi connectivity index (χ4v) is 2.33. The molecule has 1 atom stereocenters. The quantitative estimate of drug-likeness (QED) is 0.810. The molecule has 2 rings (SSSR count). The van der Waals surface area contributed by atoms with E-state index in [1.165, 1.54) is 0 Å². The number of nitrogens with zero attached hydrogens (tertiary/aromatic N) is 1. The van der Waals surface area contributed by atoms with E-state index in [1.807, 2.05) is 5.32 Å². The molecule has 1 aliphatic heterocycles. The van der Waals surface area contributed by atoms with Crippen molar-refractivity contribution in [2.24, 2.45) is 4.99 Å². The van der Waals surface area contributed by atoms with Gasteiger partial charge in [0.1, 0.15) is 11.5 Å². The lowest BCUT2D eigenvalue weighted by Crippen LogP contribution is -2.46. The molecule has 1 heterocycles. The minimum atomic E-state index is -4.78. The molecule has 1 N–H and O–H groups in total. The second-order valence-electron chi connectivity index (χ2n) is 4.10. The summed E-state index contributed by atoms with van der Waals surface area (Å²) in [6.07, 6.45) is -4.78. The minimum Gasteiger partial charge on any atom is -0.304 e. The maximum Gasteiger partial charge on any atom is 0.412 e. The molecule has 1 amide bonds. The largest absolute Gasteiger partial charge is 0.412 e. The molecule has 1 saturated heterocycles. The second kappa shape index (κ2) is 4.72. The molecule has 108 valence electrons. The van der Waals surface area contributed by atoms with Crippen LogP contribution in [0.25, 0.3) is 0 Å². The summed E-state index contributed by atoms with van der Waals surface area (Å²) in [7, 11) is 0. The zero-order valence-corrected chi connectivity index (χ0v) is 10.7. The van der Waals surface area contributed by atoms with E-state index >= 15 is 0 Å². The Morgan fingerprint density at radius 1 is 1.30 bits per heavy atom. The van der Waals surface area contributed by atoms with Gasteiger partial charge in [-0.1, -0.05) is 11.8 Å². The lowest BCUT2D eigenvalue weighted by Gasteiger charge is -2.21. The third-order valence-corrected chi connectivity index (χ3v) is 3.84. The van der Waals surface area contributed by atoms with Crippen LogP contribution in [0.4, 0.5) is 27.6 Å². The average molecular weight is 310 g/mol. The van der Waals surface area contributed by atoms with Gasteiger partial charge in [0.05, 0.1) is 0 Å². The maximum atomic E-state index is 13.3. The summed E-state index contributed by atoms with van der Waals surface area (Å²) in [5.41, 5.74) is -0.361. The van der Waals surface area contributed by atoms with Crippen LogP contribution in [0.15, 0.2) is 23.2 Å². The van der Waals surface area contributed by atoms with Gasteiger partial charge in [0.15, 0.2) is 15.7 Å². The van der Waals surface area contributed by atoms with Crippen LogP contribution in [-0.4, -0.2) is 22.0 Å². The number of amides is 1. The summed E-state index contributed by atoms with van der Waals surface area (Å²) >= 11 is 0.140. The SMILES string of the molecule is CC1(C(F)(F)F)SC(=Nc2ccc(F)cc2F)NC1=O. The van der Waals surface area contributed by atoms with Crippen LogP contribution in [-0.2, 0) is 4.79 Å². The number of amidine groups is 1. The van der Waals surface area contributed by atoms with E-state index in [0.29, 0.717) is 13.0 Å². The third-order valence-electron chi connectivity index (χ3n) is 2.63. The molecule has 0 bridgehead atoms. The van der Waals surface area contributed by atoms with Gasteiger partial charge >= 0.3 is 6.18 Å². The van der Waals surface area contributed by atoms with Gasteiger partial charge < -0.3 is 5.32 Å². The fourth-order valence-electron chi connectivity index (χ4n) is 1.40. The summed E-state index contributed by atoms with van der Waals surface area (Å²) in [5.74, 6) is -3.15. The first-order chi connectivity index (χ1) is 9.13. The molecule has 0 saturated carbocycles. The van der Waals surface area contributed by atoms with Gasteiger partial charge in [0, 0.05) is 6.07 Å². The van der Waals surface area contributed by atoms with Crippen molar-refractivity contribution in [1.82, 2.24) is 5.32 Å². The topological polar surface area (TPSA) is 41.5 Å². The highest BCUT2D eigenvalue weighted by Crippen LogP contribution is 2.45. The fraction of sp³-hybridized carbons (Fsp3) is 0.273. The van der Waals surface area contributed by atoms with Gasteiger partial charge in [-0.2, -0.15) is 13.2 Å². The van der Waals surface area contributed by atoms with E-state index in [-0.39, 0.29) is 22.6 Å². The Morgan fingerprint density at radius 3 is 2.45 bits per heavy atom. The number of hydrogen-bond acceptors (Lipinski definition) is 3. The standard InChI is InChI=1S/C11H7F5N2OS/c1-10(11(14,15)16)8(19)18-9(20-10)17-7-3-2-5(12)4-6(7)13/h2-4H,1H3,(H,17,18,19). The van der Waals surface area contributed by atoms with E-state index in [1.54, 1.807) is 0 Å². The molecule has 3 nitrogen and oxygen atoms in total. The van der Waals surface area contributed by atoms with Crippen LogP contribution in [0.3, 0.4) is 0 Å².